The number of ketones is 2. The van der Waals surface area contributed by atoms with Gasteiger partial charge in [0.05, 0.1) is 38.0 Å². The average Bonchev–Trinajstić information content (AvgIpc) is 3.25. The first-order valence-electron chi connectivity index (χ1n) is 22.0. The van der Waals surface area contributed by atoms with Gasteiger partial charge in [0.1, 0.15) is 22.8 Å². The second kappa shape index (κ2) is 22.8. The molecule has 0 atom stereocenters. The van der Waals surface area contributed by atoms with Gasteiger partial charge in [0.15, 0.2) is 11.6 Å². The Balaban J connectivity index is 0.000000260. The van der Waals surface area contributed by atoms with Crippen molar-refractivity contribution in [2.75, 3.05) is 49.1 Å². The molecule has 368 valence electrons. The number of nitrogens with one attached hydrogen (secondary N) is 1. The number of benzene rings is 4. The quantitative estimate of drug-likeness (QED) is 0.0970. The summed E-state index contributed by atoms with van der Waals surface area (Å²) in [5, 5.41) is 1.78. The number of nitrogens with zero attached hydrogens (tertiary/aromatic N) is 4. The van der Waals surface area contributed by atoms with E-state index in [0.29, 0.717) is 11.4 Å². The molecule has 3 N–H and O–H groups in total. The highest BCUT2D eigenvalue weighted by atomic mass is 19.3. The van der Waals surface area contributed by atoms with Crippen LogP contribution >= 0.6 is 0 Å². The van der Waals surface area contributed by atoms with E-state index in [-0.39, 0.29) is 85.7 Å². The molecule has 2 aliphatic heterocycles. The first kappa shape index (κ1) is 52.8. The van der Waals surface area contributed by atoms with E-state index >= 15 is 0 Å². The summed E-state index contributed by atoms with van der Waals surface area (Å²) in [5.74, 6) is -5.48. The van der Waals surface area contributed by atoms with Gasteiger partial charge in [-0.15, -0.1) is 0 Å². The molecule has 0 aliphatic carbocycles. The smallest absolute Gasteiger partial charge is 0.410 e. The number of alkyl halides is 2. The van der Waals surface area contributed by atoms with E-state index in [4.69, 9.17) is 15.2 Å². The largest absolute Gasteiger partial charge is 0.444 e. The molecule has 69 heavy (non-hydrogen) atoms. The van der Waals surface area contributed by atoms with E-state index in [9.17, 15) is 51.1 Å². The third kappa shape index (κ3) is 14.7. The second-order valence-corrected chi connectivity index (χ2v) is 18.4. The van der Waals surface area contributed by atoms with Gasteiger partial charge in [-0.25, -0.2) is 18.4 Å². The molecule has 0 spiro atoms. The molecule has 2 saturated heterocycles. The van der Waals surface area contributed by atoms with Crippen molar-refractivity contribution in [3.8, 4) is 0 Å². The highest BCUT2D eigenvalue weighted by Crippen LogP contribution is 2.29. The molecule has 0 radical (unpaired) electrons. The van der Waals surface area contributed by atoms with E-state index in [1.54, 1.807) is 101 Å². The number of likely N-dealkylation sites (tertiary alicyclic amines) is 2. The number of Topliss-reactive ketones (excluding diaryl/α,β-unsaturated/α-hetero) is 2. The van der Waals surface area contributed by atoms with Crippen LogP contribution in [-0.2, 0) is 36.9 Å². The molecular formula is C50H56F4N6O9. The Bertz CT molecular complexity index is 2510. The Labute approximate surface area is 397 Å². The third-order valence-corrected chi connectivity index (χ3v) is 10.6. The van der Waals surface area contributed by atoms with Gasteiger partial charge in [0, 0.05) is 59.8 Å². The molecule has 0 saturated carbocycles. The maximum atomic E-state index is 14.9. The summed E-state index contributed by atoms with van der Waals surface area (Å²) in [6.45, 7) is 10.3. The fourth-order valence-corrected chi connectivity index (χ4v) is 6.97. The van der Waals surface area contributed by atoms with Crippen molar-refractivity contribution >= 4 is 52.8 Å². The Morgan fingerprint density at radius 2 is 1.00 bits per heavy atom. The fourth-order valence-electron chi connectivity index (χ4n) is 6.97. The van der Waals surface area contributed by atoms with E-state index in [2.05, 4.69) is 0 Å². The van der Waals surface area contributed by atoms with Gasteiger partial charge in [-0.3, -0.25) is 24.0 Å². The summed E-state index contributed by atoms with van der Waals surface area (Å²) in [4.78, 5) is 91.7. The van der Waals surface area contributed by atoms with Crippen LogP contribution in [0.1, 0.15) is 73.4 Å². The lowest BCUT2D eigenvalue weighted by molar-refractivity contribution is -0.131. The molecule has 0 aromatic heterocycles. The van der Waals surface area contributed by atoms with Crippen molar-refractivity contribution in [1.82, 2.24) is 15.1 Å². The minimum atomic E-state index is -3.26. The van der Waals surface area contributed by atoms with Crippen molar-refractivity contribution in [1.29, 1.82) is 0 Å². The number of carbonyl (C=O) groups excluding carboxylic acids is 7. The molecule has 15 nitrogen and oxygen atoms in total. The van der Waals surface area contributed by atoms with Gasteiger partial charge < -0.3 is 40.1 Å². The van der Waals surface area contributed by atoms with Crippen LogP contribution in [0.25, 0.3) is 0 Å². The van der Waals surface area contributed by atoms with Crippen LogP contribution in [0.3, 0.4) is 0 Å². The number of rotatable bonds is 14. The maximum absolute atomic E-state index is 14.9. The zero-order chi connectivity index (χ0) is 50.8. The lowest BCUT2D eigenvalue weighted by Gasteiger charge is -2.41. The molecular weight excluding hydrogens is 905 g/mol. The van der Waals surface area contributed by atoms with Crippen LogP contribution < -0.4 is 20.9 Å². The molecule has 0 unspecified atom stereocenters. The van der Waals surface area contributed by atoms with Gasteiger partial charge in [-0.05, 0) is 77.9 Å². The highest BCUT2D eigenvalue weighted by Gasteiger charge is 2.42. The van der Waals surface area contributed by atoms with Crippen LogP contribution in [0.4, 0.5) is 38.5 Å². The number of amides is 5. The van der Waals surface area contributed by atoms with Crippen molar-refractivity contribution in [2.45, 2.75) is 72.3 Å². The number of anilines is 2. The van der Waals surface area contributed by atoms with Gasteiger partial charge in [-0.1, -0.05) is 60.7 Å². The first-order valence-corrected chi connectivity index (χ1v) is 22.0. The normalized spacial score (nSPS) is 13.8. The molecule has 5 amide bonds. The molecule has 2 heterocycles. The van der Waals surface area contributed by atoms with Crippen LogP contribution in [0.2, 0.25) is 0 Å². The molecule has 6 rings (SSSR count). The van der Waals surface area contributed by atoms with Crippen LogP contribution in [-0.4, -0.2) is 108 Å². The average molecular weight is 961 g/mol. The molecule has 0 bridgehead atoms. The fraction of sp³-hybridized carbons (Fsp3) is 0.380. The molecule has 19 heteroatoms. The second-order valence-electron chi connectivity index (χ2n) is 18.4. The van der Waals surface area contributed by atoms with Crippen molar-refractivity contribution in [2.24, 2.45) is 17.6 Å². The number of carbonyl (C=O) groups is 7. The molecule has 4 aromatic carbocycles. The maximum Gasteiger partial charge on any atom is 0.410 e. The van der Waals surface area contributed by atoms with E-state index in [1.165, 1.54) is 43.9 Å². The zero-order valence-electron chi connectivity index (χ0n) is 39.2. The molecule has 4 aromatic rings. The highest BCUT2D eigenvalue weighted by molar-refractivity contribution is 6.00. The lowest BCUT2D eigenvalue weighted by Crippen LogP contribution is -2.57. The van der Waals surface area contributed by atoms with Crippen LogP contribution in [0.5, 0.6) is 0 Å². The number of para-hydroxylation sites is 2. The predicted molar refractivity (Wildman–Crippen MR) is 247 cm³/mol. The van der Waals surface area contributed by atoms with Crippen LogP contribution in [0.15, 0.2) is 97.1 Å². The standard InChI is InChI=1S/C26H28F3N3O5.C24H28FN3O4/c1-26(2,3)37-25(36)31-13-18(14-31)24(35)32(19-7-5-4-6-8-19)15-17-10-9-16(11-20(17)27)21(33)12-30-23(34)22(28)29;1-24(2,3)32-23(31)27-13-18(14-27)22(30)28(19-7-5-4-6-8-19)15-17-10-9-16(11-20(17)25)21(29)12-26/h4-11,18,22H,12-15H2,1-3H3,(H,30,34);4-11,18H,12-15,26H2,1-3H3. The summed E-state index contributed by atoms with van der Waals surface area (Å²) in [5.41, 5.74) is 5.69. The van der Waals surface area contributed by atoms with Crippen molar-refractivity contribution in [3.63, 3.8) is 0 Å². The van der Waals surface area contributed by atoms with Gasteiger partial charge >= 0.3 is 18.6 Å². The summed E-state index contributed by atoms with van der Waals surface area (Å²) in [6.07, 6.45) is -4.24. The SMILES string of the molecule is CC(C)(C)OC(=O)N1CC(C(=O)N(Cc2ccc(C(=O)CN)cc2F)c2ccccc2)C1.CC(C)(C)OC(=O)N1CC(C(=O)N(Cc2ccc(C(=O)CNC(=O)C(F)F)cc2F)c2ccccc2)C1. The monoisotopic (exact) mass is 960 g/mol. The van der Waals surface area contributed by atoms with Crippen molar-refractivity contribution in [3.05, 3.63) is 131 Å². The van der Waals surface area contributed by atoms with Gasteiger partial charge in [0.2, 0.25) is 11.8 Å². The summed E-state index contributed by atoms with van der Waals surface area (Å²) < 4.78 is 64.9. The number of ether oxygens (including phenoxy) is 2. The van der Waals surface area contributed by atoms with Gasteiger partial charge in [0.25, 0.3) is 5.91 Å². The molecule has 2 fully saturated rings. The third-order valence-electron chi connectivity index (χ3n) is 10.6. The number of hydrogen-bond acceptors (Lipinski definition) is 10. The lowest BCUT2D eigenvalue weighted by atomic mass is 9.98. The summed E-state index contributed by atoms with van der Waals surface area (Å²) in [7, 11) is 0. The number of nitrogens with two attached hydrogens (primary N) is 1. The van der Waals surface area contributed by atoms with E-state index < -0.39 is 71.5 Å². The van der Waals surface area contributed by atoms with Gasteiger partial charge in [-0.2, -0.15) is 8.78 Å². The topological polar surface area (TPSA) is 189 Å². The number of hydrogen-bond donors (Lipinski definition) is 2. The predicted octanol–water partition coefficient (Wildman–Crippen LogP) is 7.16. The zero-order valence-corrected chi connectivity index (χ0v) is 39.2. The Morgan fingerprint density at radius 3 is 1.33 bits per heavy atom. The Morgan fingerprint density at radius 1 is 0.623 bits per heavy atom. The Kier molecular flexibility index (Phi) is 17.4. The minimum Gasteiger partial charge on any atom is -0.444 e. The molecule has 2 aliphatic rings. The van der Waals surface area contributed by atoms with E-state index in [1.807, 2.05) is 6.07 Å². The van der Waals surface area contributed by atoms with Crippen LogP contribution in [0, 0.1) is 23.5 Å². The summed E-state index contributed by atoms with van der Waals surface area (Å²) >= 11 is 0. The summed E-state index contributed by atoms with van der Waals surface area (Å²) in [6, 6.07) is 25.3. The first-order chi connectivity index (χ1) is 32.4. The Hall–Kier alpha value is -7.15. The minimum absolute atomic E-state index is 0.00525. The van der Waals surface area contributed by atoms with Crippen molar-refractivity contribution < 1.29 is 60.6 Å². The van der Waals surface area contributed by atoms with E-state index in [0.717, 1.165) is 12.1 Å². The number of halogens is 4.